The SMILES string of the molecule is O=C1N(Cc2cccc(F)c2F)CCC[C@@]1(O)CN1CCSCC1. The van der Waals surface area contributed by atoms with Gasteiger partial charge in [-0.2, -0.15) is 11.8 Å². The number of halogens is 2. The van der Waals surface area contributed by atoms with Crippen LogP contribution in [0.3, 0.4) is 0 Å². The minimum absolute atomic E-state index is 0.0133. The molecule has 2 fully saturated rings. The van der Waals surface area contributed by atoms with Crippen LogP contribution < -0.4 is 0 Å². The molecule has 2 saturated heterocycles. The highest BCUT2D eigenvalue weighted by Gasteiger charge is 2.43. The van der Waals surface area contributed by atoms with E-state index in [-0.39, 0.29) is 18.0 Å². The Morgan fingerprint density at radius 2 is 1.96 bits per heavy atom. The van der Waals surface area contributed by atoms with E-state index in [1.165, 1.54) is 17.0 Å². The first-order valence-electron chi connectivity index (χ1n) is 8.24. The van der Waals surface area contributed by atoms with Crippen LogP contribution in [0.5, 0.6) is 0 Å². The summed E-state index contributed by atoms with van der Waals surface area (Å²) in [5.41, 5.74) is -1.29. The molecule has 7 heteroatoms. The van der Waals surface area contributed by atoms with Crippen LogP contribution in [0.2, 0.25) is 0 Å². The number of aliphatic hydroxyl groups is 1. The third-order valence-corrected chi connectivity index (χ3v) is 5.63. The molecule has 2 heterocycles. The van der Waals surface area contributed by atoms with Gasteiger partial charge in [0.15, 0.2) is 17.2 Å². The summed E-state index contributed by atoms with van der Waals surface area (Å²) in [6.07, 6.45) is 1.07. The molecule has 24 heavy (non-hydrogen) atoms. The van der Waals surface area contributed by atoms with E-state index in [2.05, 4.69) is 4.90 Å². The molecule has 2 aliphatic heterocycles. The average molecular weight is 356 g/mol. The Morgan fingerprint density at radius 3 is 2.71 bits per heavy atom. The van der Waals surface area contributed by atoms with Gasteiger partial charge in [0.2, 0.25) is 0 Å². The van der Waals surface area contributed by atoms with E-state index in [9.17, 15) is 18.7 Å². The lowest BCUT2D eigenvalue weighted by Gasteiger charge is -2.41. The first kappa shape index (κ1) is 17.6. The molecule has 1 N–H and O–H groups in total. The van der Waals surface area contributed by atoms with Gasteiger partial charge >= 0.3 is 0 Å². The maximum Gasteiger partial charge on any atom is 0.256 e. The van der Waals surface area contributed by atoms with Gasteiger partial charge in [-0.3, -0.25) is 9.69 Å². The molecular formula is C17H22F2N2O2S. The molecular weight excluding hydrogens is 334 g/mol. The van der Waals surface area contributed by atoms with Gasteiger partial charge in [0.25, 0.3) is 5.91 Å². The first-order chi connectivity index (χ1) is 11.5. The number of hydrogen-bond donors (Lipinski definition) is 1. The number of carbonyl (C=O) groups excluding carboxylic acids is 1. The Hall–Kier alpha value is -1.18. The van der Waals surface area contributed by atoms with Gasteiger partial charge in [-0.25, -0.2) is 8.78 Å². The number of rotatable bonds is 4. The average Bonchev–Trinajstić information content (AvgIpc) is 2.57. The molecule has 0 saturated carbocycles. The lowest BCUT2D eigenvalue weighted by molar-refractivity contribution is -0.160. The summed E-state index contributed by atoms with van der Waals surface area (Å²) >= 11 is 1.87. The van der Waals surface area contributed by atoms with Crippen molar-refractivity contribution in [2.45, 2.75) is 25.0 Å². The predicted molar refractivity (Wildman–Crippen MR) is 89.7 cm³/mol. The lowest BCUT2D eigenvalue weighted by atomic mass is 9.90. The van der Waals surface area contributed by atoms with E-state index in [1.807, 2.05) is 11.8 Å². The fourth-order valence-electron chi connectivity index (χ4n) is 3.37. The highest BCUT2D eigenvalue weighted by molar-refractivity contribution is 7.99. The Labute approximate surface area is 144 Å². The zero-order valence-electron chi connectivity index (χ0n) is 13.5. The van der Waals surface area contributed by atoms with E-state index in [4.69, 9.17) is 0 Å². The molecule has 4 nitrogen and oxygen atoms in total. The quantitative estimate of drug-likeness (QED) is 0.895. The van der Waals surface area contributed by atoms with Crippen molar-refractivity contribution in [1.82, 2.24) is 9.80 Å². The van der Waals surface area contributed by atoms with Gasteiger partial charge in [-0.1, -0.05) is 12.1 Å². The molecule has 132 valence electrons. The van der Waals surface area contributed by atoms with Gasteiger partial charge in [-0.05, 0) is 18.9 Å². The number of hydrogen-bond acceptors (Lipinski definition) is 4. The molecule has 1 aromatic rings. The standard InChI is InChI=1S/C17H22F2N2O2S/c18-14-4-1-3-13(15(14)19)11-21-6-2-5-17(23,16(21)22)12-20-7-9-24-10-8-20/h1,3-4,23H,2,5-12H2/t17-/m1/s1. The monoisotopic (exact) mass is 356 g/mol. The van der Waals surface area contributed by atoms with Gasteiger partial charge < -0.3 is 10.0 Å². The minimum atomic E-state index is -1.43. The number of carbonyl (C=O) groups is 1. The van der Waals surface area contributed by atoms with Crippen molar-refractivity contribution in [2.75, 3.05) is 37.7 Å². The second-order valence-corrected chi connectivity index (χ2v) is 7.69. The van der Waals surface area contributed by atoms with Crippen LogP contribution >= 0.6 is 11.8 Å². The van der Waals surface area contributed by atoms with Crippen LogP contribution in [-0.2, 0) is 11.3 Å². The molecule has 1 amide bonds. The molecule has 0 spiro atoms. The molecule has 0 aromatic heterocycles. The predicted octanol–water partition coefficient (Wildman–Crippen LogP) is 1.87. The number of benzene rings is 1. The van der Waals surface area contributed by atoms with Crippen LogP contribution in [0.1, 0.15) is 18.4 Å². The van der Waals surface area contributed by atoms with E-state index < -0.39 is 17.2 Å². The zero-order valence-corrected chi connectivity index (χ0v) is 14.3. The van der Waals surface area contributed by atoms with Crippen LogP contribution in [0.4, 0.5) is 8.78 Å². The number of piperidine rings is 1. The summed E-state index contributed by atoms with van der Waals surface area (Å²) in [5.74, 6) is -0.216. The van der Waals surface area contributed by atoms with E-state index in [0.29, 0.717) is 25.9 Å². The molecule has 1 aromatic carbocycles. The van der Waals surface area contributed by atoms with Crippen molar-refractivity contribution in [2.24, 2.45) is 0 Å². The minimum Gasteiger partial charge on any atom is -0.379 e. The molecule has 1 atom stereocenters. The summed E-state index contributed by atoms with van der Waals surface area (Å²) in [5, 5.41) is 10.9. The van der Waals surface area contributed by atoms with Crippen LogP contribution in [0.25, 0.3) is 0 Å². The summed E-state index contributed by atoms with van der Waals surface area (Å²) in [6.45, 7) is 2.47. The number of nitrogens with zero attached hydrogens (tertiary/aromatic N) is 2. The fourth-order valence-corrected chi connectivity index (χ4v) is 4.35. The Kier molecular flexibility index (Phi) is 5.42. The number of amides is 1. The van der Waals surface area contributed by atoms with Crippen LogP contribution in [0.15, 0.2) is 18.2 Å². The highest BCUT2D eigenvalue weighted by atomic mass is 32.2. The summed E-state index contributed by atoms with van der Waals surface area (Å²) < 4.78 is 27.2. The first-order valence-corrected chi connectivity index (χ1v) is 9.40. The third kappa shape index (κ3) is 3.73. The van der Waals surface area contributed by atoms with Crippen molar-refractivity contribution >= 4 is 17.7 Å². The second kappa shape index (κ2) is 7.37. The molecule has 2 aliphatic rings. The number of β-amino-alcohol motifs (C(OH)–C–C–N with tert-alkyl or cyclic N) is 1. The molecule has 0 aliphatic carbocycles. The van der Waals surface area contributed by atoms with E-state index in [0.717, 1.165) is 30.7 Å². The van der Waals surface area contributed by atoms with Crippen molar-refractivity contribution in [1.29, 1.82) is 0 Å². The maximum atomic E-state index is 13.9. The maximum absolute atomic E-state index is 13.9. The van der Waals surface area contributed by atoms with Crippen molar-refractivity contribution < 1.29 is 18.7 Å². The smallest absolute Gasteiger partial charge is 0.256 e. The summed E-state index contributed by atoms with van der Waals surface area (Å²) in [6, 6.07) is 3.96. The Balaban J connectivity index is 1.70. The van der Waals surface area contributed by atoms with Crippen LogP contribution in [0, 0.1) is 11.6 Å². The summed E-state index contributed by atoms with van der Waals surface area (Å²) in [7, 11) is 0. The third-order valence-electron chi connectivity index (χ3n) is 4.69. The molecule has 0 bridgehead atoms. The Morgan fingerprint density at radius 1 is 1.21 bits per heavy atom. The number of thioether (sulfide) groups is 1. The van der Waals surface area contributed by atoms with E-state index >= 15 is 0 Å². The van der Waals surface area contributed by atoms with Gasteiger partial charge in [-0.15, -0.1) is 0 Å². The number of likely N-dealkylation sites (tertiary alicyclic amines) is 1. The van der Waals surface area contributed by atoms with Gasteiger partial charge in [0.05, 0.1) is 0 Å². The van der Waals surface area contributed by atoms with E-state index in [1.54, 1.807) is 0 Å². The highest BCUT2D eigenvalue weighted by Crippen LogP contribution is 2.27. The lowest BCUT2D eigenvalue weighted by Crippen LogP contribution is -2.59. The van der Waals surface area contributed by atoms with Crippen molar-refractivity contribution in [3.63, 3.8) is 0 Å². The van der Waals surface area contributed by atoms with Gasteiger partial charge in [0, 0.05) is 49.8 Å². The van der Waals surface area contributed by atoms with Gasteiger partial charge in [0.1, 0.15) is 0 Å². The largest absolute Gasteiger partial charge is 0.379 e. The zero-order chi connectivity index (χ0) is 17.2. The van der Waals surface area contributed by atoms with Crippen molar-refractivity contribution in [3.8, 4) is 0 Å². The van der Waals surface area contributed by atoms with Crippen LogP contribution in [-0.4, -0.2) is 64.1 Å². The molecule has 3 rings (SSSR count). The second-order valence-electron chi connectivity index (χ2n) is 6.46. The Bertz CT molecular complexity index is 610. The topological polar surface area (TPSA) is 43.8 Å². The normalized spacial score (nSPS) is 26.0. The molecule has 0 unspecified atom stereocenters. The molecule has 0 radical (unpaired) electrons. The summed E-state index contributed by atoms with van der Waals surface area (Å²) in [4.78, 5) is 16.3. The van der Waals surface area contributed by atoms with Crippen molar-refractivity contribution in [3.05, 3.63) is 35.4 Å². The fraction of sp³-hybridized carbons (Fsp3) is 0.588.